The van der Waals surface area contributed by atoms with E-state index in [2.05, 4.69) is 78.2 Å². The van der Waals surface area contributed by atoms with Crippen molar-refractivity contribution in [2.45, 2.75) is 108 Å². The molecule has 0 saturated carbocycles. The van der Waals surface area contributed by atoms with Crippen LogP contribution in [-0.4, -0.2) is 6.15 Å². The van der Waals surface area contributed by atoms with Crippen molar-refractivity contribution in [3.05, 3.63) is 195 Å². The fourth-order valence-corrected chi connectivity index (χ4v) is 9.63. The molecule has 0 atom stereocenters. The van der Waals surface area contributed by atoms with Crippen molar-refractivity contribution in [1.29, 1.82) is 0 Å². The molecule has 442 valence electrons. The molecule has 0 saturated heterocycles. The van der Waals surface area contributed by atoms with Crippen LogP contribution in [0.3, 0.4) is 0 Å². The molecular weight excluding hydrogens is 1150 g/mol. The Morgan fingerprint density at radius 2 is 0.610 bits per heavy atom. The highest BCUT2D eigenvalue weighted by molar-refractivity contribution is 7.20. The summed E-state index contributed by atoms with van der Waals surface area (Å²) in [5.41, 5.74) is -26.0. The van der Waals surface area contributed by atoms with Crippen LogP contribution >= 0.6 is 0 Å². The maximum Gasteiger partial charge on any atom is 0.416 e. The molecule has 7 rings (SSSR count). The lowest BCUT2D eigenvalue weighted by Crippen LogP contribution is -2.75. The molecule has 0 bridgehead atoms. The maximum atomic E-state index is 14.2. The highest BCUT2D eigenvalue weighted by Gasteiger charge is 2.47. The zero-order chi connectivity index (χ0) is 61.2. The molecule has 1 aromatic heterocycles. The molecular formula is C56H42BF24N. The van der Waals surface area contributed by atoms with Gasteiger partial charge in [-0.05, 0) is 42.8 Å². The van der Waals surface area contributed by atoms with Crippen molar-refractivity contribution in [3.63, 3.8) is 0 Å². The molecule has 0 amide bonds. The smallest absolute Gasteiger partial charge is 0.194 e. The summed E-state index contributed by atoms with van der Waals surface area (Å²) >= 11 is 0. The first-order valence-electron chi connectivity index (χ1n) is 24.4. The first-order valence-corrected chi connectivity index (χ1v) is 24.4. The molecule has 0 fully saturated rings. The van der Waals surface area contributed by atoms with Crippen LogP contribution in [0.2, 0.25) is 0 Å². The van der Waals surface area contributed by atoms with Crippen molar-refractivity contribution in [2.24, 2.45) is 0 Å². The summed E-state index contributed by atoms with van der Waals surface area (Å²) < 4.78 is 343. The van der Waals surface area contributed by atoms with E-state index in [1.807, 2.05) is 0 Å². The Morgan fingerprint density at radius 3 is 0.927 bits per heavy atom. The first kappa shape index (κ1) is 64.3. The summed E-state index contributed by atoms with van der Waals surface area (Å²) in [6.45, 7) is 3.23. The van der Waals surface area contributed by atoms with Gasteiger partial charge in [-0.15, -0.1) is 0 Å². The minimum atomic E-state index is -6.13. The summed E-state index contributed by atoms with van der Waals surface area (Å²) in [5.74, 6) is 0. The topological polar surface area (TPSA) is 3.88 Å². The van der Waals surface area contributed by atoms with Crippen molar-refractivity contribution >= 4 is 38.9 Å². The molecule has 26 heteroatoms. The number of unbranched alkanes of at least 4 members (excludes halogenated alkanes) is 5. The standard InChI is InChI=1S/C32H12BF24.C24H30N/c34-25(35,36)13-1-14(26(37,38)39)6-21(5-13)33(22-7-15(27(40,41)42)2-16(8-22)28(43,44)45,23-9-17(29(46,47)48)3-18(10-23)30(49,50)51)24-11-19(31(52,53)54)4-20(12-24)32(55,56)57;1-2-3-4-5-6-10-16-23-19-18-22-15-11-12-17-24(22)25(23)20-21-13-8-7-9-14-21/h1-12H;7-9,11-15,17-19H,2-6,10,16,20H2,1H3/q-1;+1. The van der Waals surface area contributed by atoms with E-state index < -0.39 is 195 Å². The second kappa shape index (κ2) is 23.8. The van der Waals surface area contributed by atoms with Crippen molar-refractivity contribution in [2.75, 3.05) is 0 Å². The van der Waals surface area contributed by atoms with E-state index in [0.717, 1.165) is 6.54 Å². The van der Waals surface area contributed by atoms with Gasteiger partial charge in [0.15, 0.2) is 12.2 Å². The van der Waals surface area contributed by atoms with E-state index in [1.165, 1.54) is 67.1 Å². The maximum absolute atomic E-state index is 14.2. The molecule has 0 spiro atoms. The van der Waals surface area contributed by atoms with Crippen molar-refractivity contribution < 1.29 is 110 Å². The summed E-state index contributed by atoms with van der Waals surface area (Å²) in [7, 11) is 0. The zero-order valence-electron chi connectivity index (χ0n) is 42.0. The van der Waals surface area contributed by atoms with Gasteiger partial charge in [0.2, 0.25) is 5.52 Å². The molecule has 0 unspecified atom stereocenters. The number of aromatic nitrogens is 1. The lowest BCUT2D eigenvalue weighted by Gasteiger charge is -2.46. The van der Waals surface area contributed by atoms with Crippen LogP contribution in [0.25, 0.3) is 10.9 Å². The first-order chi connectivity index (χ1) is 37.6. The average molecular weight is 1200 g/mol. The van der Waals surface area contributed by atoms with Crippen LogP contribution in [0, 0.1) is 0 Å². The largest absolute Gasteiger partial charge is 0.416 e. The van der Waals surface area contributed by atoms with Gasteiger partial charge in [-0.2, -0.15) is 132 Å². The Balaban J connectivity index is 0.000000357. The molecule has 0 aliphatic heterocycles. The van der Waals surface area contributed by atoms with E-state index in [9.17, 15) is 105 Å². The van der Waals surface area contributed by atoms with E-state index in [4.69, 9.17) is 0 Å². The minimum Gasteiger partial charge on any atom is -0.194 e. The third kappa shape index (κ3) is 15.4. The monoisotopic (exact) mass is 1200 g/mol. The molecule has 0 aliphatic carbocycles. The minimum absolute atomic E-state index is 0.691. The predicted molar refractivity (Wildman–Crippen MR) is 257 cm³/mol. The number of alkyl halides is 24. The van der Waals surface area contributed by atoms with E-state index in [1.54, 1.807) is 0 Å². The normalized spacial score (nSPS) is 13.3. The fraction of sp³-hybridized carbons (Fsp3) is 0.304. The lowest BCUT2D eigenvalue weighted by atomic mass is 9.12. The number of benzene rings is 6. The van der Waals surface area contributed by atoms with E-state index >= 15 is 0 Å². The van der Waals surface area contributed by atoms with Gasteiger partial charge in [0, 0.05) is 29.5 Å². The summed E-state index contributed by atoms with van der Waals surface area (Å²) in [5, 5.41) is 1.32. The van der Waals surface area contributed by atoms with Gasteiger partial charge in [-0.1, -0.05) is 130 Å². The molecule has 0 aliphatic rings. The Morgan fingerprint density at radius 1 is 0.317 bits per heavy atom. The molecule has 0 radical (unpaired) electrons. The fourth-order valence-electron chi connectivity index (χ4n) is 9.63. The number of halogens is 24. The van der Waals surface area contributed by atoms with Crippen molar-refractivity contribution in [3.8, 4) is 0 Å². The number of aryl methyl sites for hydroxylation is 1. The third-order valence-corrected chi connectivity index (χ3v) is 13.4. The number of hydrogen-bond acceptors (Lipinski definition) is 0. The van der Waals surface area contributed by atoms with Crippen LogP contribution in [0.5, 0.6) is 0 Å². The van der Waals surface area contributed by atoms with Gasteiger partial charge in [0.25, 0.3) is 0 Å². The third-order valence-electron chi connectivity index (χ3n) is 13.4. The summed E-state index contributed by atoms with van der Waals surface area (Å²) in [6, 6.07) is 15.4. The SMILES string of the molecule is CCCCCCCCc1ccc2ccccc2[n+]1Cc1ccccc1.FC(F)(F)c1cc([B-](c2cc(C(F)(F)F)cc(C(F)(F)F)c2)(c2cc(C(F)(F)F)cc(C(F)(F)F)c2)c2cc(C(F)(F)F)cc(C(F)(F)F)c2)cc(C(F)(F)F)c1. The highest BCUT2D eigenvalue weighted by Crippen LogP contribution is 2.41. The van der Waals surface area contributed by atoms with Gasteiger partial charge in [-0.25, -0.2) is 0 Å². The van der Waals surface area contributed by atoms with Gasteiger partial charge >= 0.3 is 49.4 Å². The zero-order valence-corrected chi connectivity index (χ0v) is 42.0. The van der Waals surface area contributed by atoms with Gasteiger partial charge < -0.3 is 0 Å². The van der Waals surface area contributed by atoms with Gasteiger partial charge in [-0.3, -0.25) is 0 Å². The molecule has 7 aromatic rings. The Hall–Kier alpha value is -6.89. The van der Waals surface area contributed by atoms with Crippen LogP contribution in [0.4, 0.5) is 105 Å². The Labute approximate surface area is 451 Å². The van der Waals surface area contributed by atoms with Crippen LogP contribution in [0.1, 0.15) is 101 Å². The predicted octanol–water partition coefficient (Wildman–Crippen LogP) is 17.3. The lowest BCUT2D eigenvalue weighted by molar-refractivity contribution is -0.670. The molecule has 6 aromatic carbocycles. The number of nitrogens with zero attached hydrogens (tertiary/aromatic N) is 1. The molecule has 1 heterocycles. The van der Waals surface area contributed by atoms with Crippen LogP contribution in [-0.2, 0) is 62.4 Å². The highest BCUT2D eigenvalue weighted by atomic mass is 19.4. The molecule has 1 nitrogen and oxygen atoms in total. The van der Waals surface area contributed by atoms with E-state index in [-0.39, 0.29) is 0 Å². The van der Waals surface area contributed by atoms with Crippen LogP contribution < -0.4 is 26.4 Å². The number of rotatable bonds is 13. The average Bonchev–Trinajstić information content (AvgIpc) is 3.52. The summed E-state index contributed by atoms with van der Waals surface area (Å²) in [6.07, 6.45) is -45.5. The summed E-state index contributed by atoms with van der Waals surface area (Å²) in [4.78, 5) is 0. The quantitative estimate of drug-likeness (QED) is 0.0469. The second-order valence-corrected chi connectivity index (χ2v) is 19.2. The van der Waals surface area contributed by atoms with E-state index in [0.29, 0.717) is 0 Å². The number of para-hydroxylation sites is 1. The second-order valence-electron chi connectivity index (χ2n) is 19.2. The van der Waals surface area contributed by atoms with Crippen LogP contribution in [0.15, 0.2) is 140 Å². The number of pyridine rings is 1. The molecule has 0 N–H and O–H groups in total. The Bertz CT molecular complexity index is 2890. The van der Waals surface area contributed by atoms with Gasteiger partial charge in [0.1, 0.15) is 6.15 Å². The molecule has 82 heavy (non-hydrogen) atoms. The number of fused-ring (bicyclic) bond motifs is 1. The Kier molecular flexibility index (Phi) is 18.6. The van der Waals surface area contributed by atoms with Crippen molar-refractivity contribution in [1.82, 2.24) is 0 Å². The number of hydrogen-bond donors (Lipinski definition) is 0. The van der Waals surface area contributed by atoms with Gasteiger partial charge in [0.05, 0.1) is 44.5 Å².